The number of halogens is 1. The molecule has 132 valence electrons. The third-order valence-electron chi connectivity index (χ3n) is 4.69. The minimum atomic E-state index is -0.184. The Hall–Kier alpha value is -2.66. The van der Waals surface area contributed by atoms with Crippen molar-refractivity contribution < 1.29 is 4.79 Å². The molecule has 0 fully saturated rings. The van der Waals surface area contributed by atoms with E-state index in [1.165, 1.54) is 5.56 Å². The molecule has 26 heavy (non-hydrogen) atoms. The molecule has 0 saturated carbocycles. The Morgan fingerprint density at radius 3 is 2.69 bits per heavy atom. The number of carbonyl (C=O) groups excluding carboxylic acids is 1. The van der Waals surface area contributed by atoms with E-state index in [2.05, 4.69) is 16.1 Å². The number of aromatic nitrogens is 3. The third-order valence-corrected chi connectivity index (χ3v) is 4.99. The molecule has 0 radical (unpaired) electrons. The number of amides is 1. The molecular weight excluding hydrogens is 348 g/mol. The Kier molecular flexibility index (Phi) is 4.04. The lowest BCUT2D eigenvalue weighted by Gasteiger charge is -2.23. The summed E-state index contributed by atoms with van der Waals surface area (Å²) in [6.07, 6.45) is 0.830. The molecule has 1 aliphatic rings. The fourth-order valence-electron chi connectivity index (χ4n) is 3.55. The second-order valence-corrected chi connectivity index (χ2v) is 7.10. The Morgan fingerprint density at radius 1 is 1.19 bits per heavy atom. The van der Waals surface area contributed by atoms with Gasteiger partial charge in [-0.1, -0.05) is 29.8 Å². The SMILES string of the molecule is Cc1cc(C)n(-c2ccc(Cl)c(C(=O)N3c4ccccc4CC3C)n2)n1. The summed E-state index contributed by atoms with van der Waals surface area (Å²) in [6, 6.07) is 13.5. The molecular formula is C20H19ClN4O. The smallest absolute Gasteiger partial charge is 0.278 e. The van der Waals surface area contributed by atoms with Crippen LogP contribution in [0.5, 0.6) is 0 Å². The van der Waals surface area contributed by atoms with Gasteiger partial charge in [0.15, 0.2) is 5.82 Å². The van der Waals surface area contributed by atoms with Gasteiger partial charge in [-0.05, 0) is 57.0 Å². The molecule has 1 aromatic carbocycles. The highest BCUT2D eigenvalue weighted by Gasteiger charge is 2.33. The Balaban J connectivity index is 1.77. The standard InChI is InChI=1S/C20H19ClN4O/c1-12-10-14(3)25(23-12)18-9-8-16(21)19(22-18)20(26)24-13(2)11-15-6-4-5-7-17(15)24/h4-10,13H,11H2,1-3H3. The summed E-state index contributed by atoms with van der Waals surface area (Å²) in [5.74, 6) is 0.402. The Labute approximate surface area is 157 Å². The molecule has 1 atom stereocenters. The van der Waals surface area contributed by atoms with Crippen LogP contribution in [0.15, 0.2) is 42.5 Å². The number of pyridine rings is 1. The molecule has 0 saturated heterocycles. The topological polar surface area (TPSA) is 51.0 Å². The molecule has 1 aliphatic heterocycles. The van der Waals surface area contributed by atoms with E-state index in [0.29, 0.717) is 10.8 Å². The number of benzene rings is 1. The first-order chi connectivity index (χ1) is 12.5. The predicted octanol–water partition coefficient (Wildman–Crippen LogP) is 4.13. The average molecular weight is 367 g/mol. The number of fused-ring (bicyclic) bond motifs is 1. The van der Waals surface area contributed by atoms with Gasteiger partial charge < -0.3 is 4.90 Å². The average Bonchev–Trinajstić information content (AvgIpc) is 3.12. The summed E-state index contributed by atoms with van der Waals surface area (Å²) >= 11 is 6.34. The van der Waals surface area contributed by atoms with Gasteiger partial charge in [-0.25, -0.2) is 9.67 Å². The predicted molar refractivity (Wildman–Crippen MR) is 102 cm³/mol. The van der Waals surface area contributed by atoms with Crippen LogP contribution in [-0.4, -0.2) is 26.7 Å². The molecule has 0 N–H and O–H groups in total. The van der Waals surface area contributed by atoms with Crippen LogP contribution in [0.4, 0.5) is 5.69 Å². The lowest BCUT2D eigenvalue weighted by Crippen LogP contribution is -2.36. The van der Waals surface area contributed by atoms with Gasteiger partial charge in [-0.15, -0.1) is 0 Å². The highest BCUT2D eigenvalue weighted by atomic mass is 35.5. The van der Waals surface area contributed by atoms with Crippen LogP contribution in [0.25, 0.3) is 5.82 Å². The molecule has 3 heterocycles. The minimum Gasteiger partial charge on any atom is -0.304 e. The molecule has 0 bridgehead atoms. The Bertz CT molecular complexity index is 1010. The van der Waals surface area contributed by atoms with Gasteiger partial charge >= 0.3 is 0 Å². The van der Waals surface area contributed by atoms with Crippen molar-refractivity contribution in [3.63, 3.8) is 0 Å². The quantitative estimate of drug-likeness (QED) is 0.685. The first-order valence-corrected chi connectivity index (χ1v) is 8.95. The van der Waals surface area contributed by atoms with E-state index >= 15 is 0 Å². The number of anilines is 1. The molecule has 5 nitrogen and oxygen atoms in total. The Morgan fingerprint density at radius 2 is 1.96 bits per heavy atom. The summed E-state index contributed by atoms with van der Waals surface area (Å²) in [5, 5.41) is 4.79. The van der Waals surface area contributed by atoms with Gasteiger partial charge in [-0.3, -0.25) is 4.79 Å². The summed E-state index contributed by atoms with van der Waals surface area (Å²) in [7, 11) is 0. The number of rotatable bonds is 2. The van der Waals surface area contributed by atoms with Gasteiger partial charge in [0.25, 0.3) is 5.91 Å². The molecule has 1 amide bonds. The van der Waals surface area contributed by atoms with Gasteiger partial charge in [0.1, 0.15) is 5.69 Å². The molecule has 1 unspecified atom stereocenters. The molecule has 4 rings (SSSR count). The van der Waals surface area contributed by atoms with Crippen molar-refractivity contribution in [3.8, 4) is 5.82 Å². The summed E-state index contributed by atoms with van der Waals surface area (Å²) < 4.78 is 1.73. The zero-order valence-corrected chi connectivity index (χ0v) is 15.7. The number of carbonyl (C=O) groups is 1. The maximum atomic E-state index is 13.3. The van der Waals surface area contributed by atoms with E-state index in [0.717, 1.165) is 23.5 Å². The first-order valence-electron chi connectivity index (χ1n) is 8.57. The summed E-state index contributed by atoms with van der Waals surface area (Å²) in [6.45, 7) is 5.92. The van der Waals surface area contributed by atoms with Crippen molar-refractivity contribution in [2.24, 2.45) is 0 Å². The lowest BCUT2D eigenvalue weighted by atomic mass is 10.1. The zero-order valence-electron chi connectivity index (χ0n) is 14.9. The minimum absolute atomic E-state index is 0.0649. The van der Waals surface area contributed by atoms with Gasteiger partial charge in [0.05, 0.1) is 10.7 Å². The fraction of sp³-hybridized carbons (Fsp3) is 0.250. The molecule has 0 spiro atoms. The van der Waals surface area contributed by atoms with E-state index in [1.807, 2.05) is 45.0 Å². The number of nitrogens with zero attached hydrogens (tertiary/aromatic N) is 4. The second-order valence-electron chi connectivity index (χ2n) is 6.70. The zero-order chi connectivity index (χ0) is 18.4. The maximum absolute atomic E-state index is 13.3. The van der Waals surface area contributed by atoms with Gasteiger partial charge in [0.2, 0.25) is 0 Å². The van der Waals surface area contributed by atoms with E-state index in [1.54, 1.807) is 21.7 Å². The first kappa shape index (κ1) is 16.8. The van der Waals surface area contributed by atoms with E-state index < -0.39 is 0 Å². The maximum Gasteiger partial charge on any atom is 0.278 e. The number of aryl methyl sites for hydroxylation is 2. The molecule has 3 aromatic rings. The van der Waals surface area contributed by atoms with Crippen LogP contribution in [0.3, 0.4) is 0 Å². The monoisotopic (exact) mass is 366 g/mol. The van der Waals surface area contributed by atoms with Crippen molar-refractivity contribution in [2.45, 2.75) is 33.2 Å². The van der Waals surface area contributed by atoms with E-state index in [-0.39, 0.29) is 17.6 Å². The van der Waals surface area contributed by atoms with E-state index in [9.17, 15) is 4.79 Å². The highest BCUT2D eigenvalue weighted by molar-refractivity contribution is 6.34. The van der Waals surface area contributed by atoms with Gasteiger partial charge in [0, 0.05) is 17.4 Å². The summed E-state index contributed by atoms with van der Waals surface area (Å²) in [5.41, 5.74) is 4.20. The number of hydrogen-bond acceptors (Lipinski definition) is 3. The normalized spacial score (nSPS) is 16.0. The van der Waals surface area contributed by atoms with Crippen LogP contribution in [0.1, 0.15) is 34.4 Å². The van der Waals surface area contributed by atoms with Crippen molar-refractivity contribution in [2.75, 3.05) is 4.90 Å². The van der Waals surface area contributed by atoms with Crippen molar-refractivity contribution in [3.05, 3.63) is 70.1 Å². The molecule has 2 aromatic heterocycles. The second kappa shape index (κ2) is 6.25. The fourth-order valence-corrected chi connectivity index (χ4v) is 3.74. The van der Waals surface area contributed by atoms with Crippen molar-refractivity contribution in [1.82, 2.24) is 14.8 Å². The van der Waals surface area contributed by atoms with Crippen LogP contribution in [-0.2, 0) is 6.42 Å². The largest absolute Gasteiger partial charge is 0.304 e. The van der Waals surface area contributed by atoms with Crippen molar-refractivity contribution >= 4 is 23.2 Å². The van der Waals surface area contributed by atoms with Crippen molar-refractivity contribution in [1.29, 1.82) is 0 Å². The third kappa shape index (κ3) is 2.69. The van der Waals surface area contributed by atoms with Crippen LogP contribution < -0.4 is 4.90 Å². The van der Waals surface area contributed by atoms with Crippen LogP contribution >= 0.6 is 11.6 Å². The van der Waals surface area contributed by atoms with Gasteiger partial charge in [-0.2, -0.15) is 5.10 Å². The molecule has 0 aliphatic carbocycles. The van der Waals surface area contributed by atoms with E-state index in [4.69, 9.17) is 11.6 Å². The van der Waals surface area contributed by atoms with Crippen LogP contribution in [0.2, 0.25) is 5.02 Å². The van der Waals surface area contributed by atoms with Crippen LogP contribution in [0, 0.1) is 13.8 Å². The number of para-hydroxylation sites is 1. The summed E-state index contributed by atoms with van der Waals surface area (Å²) in [4.78, 5) is 19.6. The number of hydrogen-bond donors (Lipinski definition) is 0. The highest BCUT2D eigenvalue weighted by Crippen LogP contribution is 2.33. The molecule has 6 heteroatoms. The lowest BCUT2D eigenvalue weighted by molar-refractivity contribution is 0.0976.